The molecule has 0 aromatic heterocycles. The van der Waals surface area contributed by atoms with Crippen molar-refractivity contribution in [2.24, 2.45) is 0 Å². The predicted octanol–water partition coefficient (Wildman–Crippen LogP) is 2.24. The lowest BCUT2D eigenvalue weighted by molar-refractivity contribution is -0.144. The number of imide groups is 1. The van der Waals surface area contributed by atoms with Crippen molar-refractivity contribution in [1.82, 2.24) is 9.80 Å². The fourth-order valence-electron chi connectivity index (χ4n) is 4.48. The number of carbonyl (C=O) groups excluding carboxylic acids is 3. The van der Waals surface area contributed by atoms with Gasteiger partial charge >= 0.3 is 6.18 Å². The fraction of sp³-hybridized carbons (Fsp3) is 0.571. The first-order chi connectivity index (χ1) is 14.1. The van der Waals surface area contributed by atoms with Crippen molar-refractivity contribution >= 4 is 17.7 Å². The summed E-state index contributed by atoms with van der Waals surface area (Å²) in [5.74, 6) is -1.49. The molecule has 2 aliphatic heterocycles. The van der Waals surface area contributed by atoms with Gasteiger partial charge in [0.2, 0.25) is 17.7 Å². The highest BCUT2D eigenvalue weighted by Gasteiger charge is 2.57. The van der Waals surface area contributed by atoms with E-state index in [2.05, 4.69) is 0 Å². The average molecular weight is 424 g/mol. The third-order valence-electron chi connectivity index (χ3n) is 6.21. The summed E-state index contributed by atoms with van der Waals surface area (Å²) in [6, 6.07) is 4.13. The van der Waals surface area contributed by atoms with Crippen LogP contribution in [0.4, 0.5) is 13.2 Å². The van der Waals surface area contributed by atoms with Gasteiger partial charge in [-0.15, -0.1) is 0 Å². The maximum Gasteiger partial charge on any atom is 0.416 e. The number of likely N-dealkylation sites (tertiary alicyclic amines) is 2. The molecule has 2 heterocycles. The Morgan fingerprint density at radius 3 is 2.57 bits per heavy atom. The number of piperidine rings is 1. The number of hydrogen-bond acceptors (Lipinski definition) is 4. The molecule has 1 aromatic carbocycles. The molecule has 0 radical (unpaired) electrons. The number of aliphatic hydroxyl groups excluding tert-OH is 1. The van der Waals surface area contributed by atoms with E-state index in [9.17, 15) is 32.7 Å². The minimum absolute atomic E-state index is 0.0322. The van der Waals surface area contributed by atoms with Gasteiger partial charge in [-0.1, -0.05) is 18.2 Å². The second kappa shape index (κ2) is 7.37. The Morgan fingerprint density at radius 1 is 1.20 bits per heavy atom. The second-order valence-electron chi connectivity index (χ2n) is 8.45. The molecular weight excluding hydrogens is 401 g/mol. The molecule has 1 saturated carbocycles. The van der Waals surface area contributed by atoms with Crippen LogP contribution in [0.3, 0.4) is 0 Å². The Kier molecular flexibility index (Phi) is 5.12. The van der Waals surface area contributed by atoms with E-state index in [1.54, 1.807) is 0 Å². The van der Waals surface area contributed by atoms with E-state index in [0.717, 1.165) is 17.0 Å². The van der Waals surface area contributed by atoms with Crippen LogP contribution in [0, 0.1) is 0 Å². The van der Waals surface area contributed by atoms with Crippen molar-refractivity contribution in [2.45, 2.75) is 62.3 Å². The number of benzene rings is 1. The Morgan fingerprint density at radius 2 is 1.93 bits per heavy atom. The quantitative estimate of drug-likeness (QED) is 0.752. The van der Waals surface area contributed by atoms with E-state index in [4.69, 9.17) is 0 Å². The molecule has 2 saturated heterocycles. The highest BCUT2D eigenvalue weighted by Crippen LogP contribution is 2.45. The lowest BCUT2D eigenvalue weighted by Crippen LogP contribution is -2.47. The Bertz CT molecular complexity index is 883. The van der Waals surface area contributed by atoms with Crippen LogP contribution in [-0.4, -0.2) is 57.9 Å². The van der Waals surface area contributed by atoms with Crippen molar-refractivity contribution in [3.63, 3.8) is 0 Å². The van der Waals surface area contributed by atoms with Gasteiger partial charge < -0.3 is 10.0 Å². The minimum atomic E-state index is -4.61. The largest absolute Gasteiger partial charge is 0.416 e. The molecule has 2 atom stereocenters. The summed E-state index contributed by atoms with van der Waals surface area (Å²) >= 11 is 0. The molecular formula is C21H23F3N2O4. The maximum absolute atomic E-state index is 13.4. The molecule has 0 bridgehead atoms. The third-order valence-corrected chi connectivity index (χ3v) is 6.21. The molecule has 3 aliphatic rings. The fourth-order valence-corrected chi connectivity index (χ4v) is 4.48. The number of amides is 3. The average Bonchev–Trinajstić information content (AvgIpc) is 3.48. The van der Waals surface area contributed by atoms with Crippen LogP contribution < -0.4 is 0 Å². The highest BCUT2D eigenvalue weighted by molar-refractivity contribution is 6.11. The van der Waals surface area contributed by atoms with Crippen molar-refractivity contribution in [3.05, 3.63) is 35.4 Å². The number of hydrogen-bond donors (Lipinski definition) is 1. The molecule has 4 rings (SSSR count). The van der Waals surface area contributed by atoms with Gasteiger partial charge in [0.05, 0.1) is 17.1 Å². The van der Waals surface area contributed by atoms with Crippen molar-refractivity contribution in [3.8, 4) is 0 Å². The van der Waals surface area contributed by atoms with Crippen LogP contribution in [0.15, 0.2) is 24.3 Å². The molecule has 1 aromatic rings. The van der Waals surface area contributed by atoms with Crippen LogP contribution in [0.1, 0.15) is 49.7 Å². The van der Waals surface area contributed by atoms with Crippen LogP contribution in [0.2, 0.25) is 0 Å². The van der Waals surface area contributed by atoms with E-state index in [-0.39, 0.29) is 24.6 Å². The van der Waals surface area contributed by atoms with Crippen molar-refractivity contribution < 1.29 is 32.7 Å². The van der Waals surface area contributed by atoms with Crippen molar-refractivity contribution in [2.75, 3.05) is 13.1 Å². The van der Waals surface area contributed by atoms with Crippen molar-refractivity contribution in [1.29, 1.82) is 0 Å². The Hall–Kier alpha value is -2.42. The highest BCUT2D eigenvalue weighted by atomic mass is 19.4. The Balaban J connectivity index is 1.72. The topological polar surface area (TPSA) is 77.9 Å². The van der Waals surface area contributed by atoms with Crippen LogP contribution in [0.25, 0.3) is 0 Å². The molecule has 6 nitrogen and oxygen atoms in total. The van der Waals surface area contributed by atoms with Gasteiger partial charge in [0, 0.05) is 32.0 Å². The summed E-state index contributed by atoms with van der Waals surface area (Å²) in [5.41, 5.74) is -2.55. The number of aliphatic hydroxyl groups is 1. The summed E-state index contributed by atoms with van der Waals surface area (Å²) in [5, 5.41) is 9.87. The lowest BCUT2D eigenvalue weighted by atomic mass is 9.75. The van der Waals surface area contributed by atoms with E-state index in [1.165, 1.54) is 17.0 Å². The summed E-state index contributed by atoms with van der Waals surface area (Å²) in [7, 11) is 0. The van der Waals surface area contributed by atoms with Gasteiger partial charge in [-0.3, -0.25) is 19.3 Å². The lowest BCUT2D eigenvalue weighted by Gasteiger charge is -2.34. The normalized spacial score (nSPS) is 27.7. The zero-order chi connectivity index (χ0) is 21.7. The van der Waals surface area contributed by atoms with E-state index in [1.807, 2.05) is 0 Å². The zero-order valence-electron chi connectivity index (χ0n) is 16.3. The number of nitrogens with zero attached hydrogens (tertiary/aromatic N) is 2. The zero-order valence-corrected chi connectivity index (χ0v) is 16.3. The number of halogens is 3. The van der Waals surface area contributed by atoms with Gasteiger partial charge in [-0.05, 0) is 37.3 Å². The van der Waals surface area contributed by atoms with Gasteiger partial charge in [0.1, 0.15) is 0 Å². The molecule has 162 valence electrons. The molecule has 9 heteroatoms. The van der Waals surface area contributed by atoms with E-state index in [0.29, 0.717) is 32.2 Å². The summed E-state index contributed by atoms with van der Waals surface area (Å²) in [6.07, 6.45) is -3.50. The van der Waals surface area contributed by atoms with Gasteiger partial charge in [-0.25, -0.2) is 0 Å². The van der Waals surface area contributed by atoms with E-state index < -0.39 is 47.4 Å². The number of alkyl halides is 3. The van der Waals surface area contributed by atoms with Crippen LogP contribution >= 0.6 is 0 Å². The predicted molar refractivity (Wildman–Crippen MR) is 99.1 cm³/mol. The smallest absolute Gasteiger partial charge is 0.391 e. The number of β-amino-alcohol motifs (C(OH)–C–C–N with tert-alkyl or cyclic N) is 1. The van der Waals surface area contributed by atoms with Crippen LogP contribution in [-0.2, 0) is 26.0 Å². The van der Waals surface area contributed by atoms with Gasteiger partial charge in [0.15, 0.2) is 0 Å². The maximum atomic E-state index is 13.4. The number of rotatable bonds is 4. The molecule has 1 aliphatic carbocycles. The van der Waals surface area contributed by atoms with Crippen LogP contribution in [0.5, 0.6) is 0 Å². The first-order valence-electron chi connectivity index (χ1n) is 10.1. The monoisotopic (exact) mass is 424 g/mol. The second-order valence-corrected chi connectivity index (χ2v) is 8.45. The first kappa shape index (κ1) is 20.8. The van der Waals surface area contributed by atoms with Gasteiger partial charge in [-0.2, -0.15) is 13.2 Å². The third kappa shape index (κ3) is 3.71. The van der Waals surface area contributed by atoms with E-state index >= 15 is 0 Å². The molecule has 3 amide bonds. The minimum Gasteiger partial charge on any atom is -0.391 e. The standard InChI is InChI=1S/C21H23F3N2O4/c22-21(23,24)14-4-1-3-13(9-14)20(10-17(28)25-8-2-5-16(27)12-25)11-18(29)26(19(20)30)15-6-7-15/h1,3-4,9,15-16,27H,2,5-8,10-12H2. The summed E-state index contributed by atoms with van der Waals surface area (Å²) in [4.78, 5) is 41.6. The number of carbonyl (C=O) groups is 3. The summed E-state index contributed by atoms with van der Waals surface area (Å²) in [6.45, 7) is 0.523. The molecule has 1 N–H and O–H groups in total. The molecule has 3 fully saturated rings. The Labute approximate surface area is 171 Å². The summed E-state index contributed by atoms with van der Waals surface area (Å²) < 4.78 is 39.9. The van der Waals surface area contributed by atoms with Gasteiger partial charge in [0.25, 0.3) is 0 Å². The SMILES string of the molecule is O=C(CC1(c2cccc(C(F)(F)F)c2)CC(=O)N(C2CC2)C1=O)N1CCCC(O)C1. The molecule has 30 heavy (non-hydrogen) atoms. The first-order valence-corrected chi connectivity index (χ1v) is 10.1. The molecule has 2 unspecified atom stereocenters. The molecule has 0 spiro atoms.